The van der Waals surface area contributed by atoms with Crippen molar-refractivity contribution in [2.24, 2.45) is 0 Å². The van der Waals surface area contributed by atoms with Crippen molar-refractivity contribution in [1.82, 2.24) is 5.32 Å². The summed E-state index contributed by atoms with van der Waals surface area (Å²) >= 11 is 0. The zero-order valence-electron chi connectivity index (χ0n) is 13.3. The Hall–Kier alpha value is -1.97. The van der Waals surface area contributed by atoms with E-state index in [1.807, 2.05) is 19.1 Å². The zero-order valence-corrected chi connectivity index (χ0v) is 13.3. The van der Waals surface area contributed by atoms with Crippen molar-refractivity contribution in [3.8, 4) is 0 Å². The molecule has 0 aliphatic carbocycles. The zero-order chi connectivity index (χ0) is 16.0. The minimum atomic E-state index is -0.455. The second-order valence-electron chi connectivity index (χ2n) is 6.58. The van der Waals surface area contributed by atoms with Crippen LogP contribution >= 0.6 is 0 Å². The van der Waals surface area contributed by atoms with Crippen LogP contribution in [0, 0.1) is 0 Å². The van der Waals surface area contributed by atoms with Gasteiger partial charge in [0.05, 0.1) is 12.1 Å². The van der Waals surface area contributed by atoms with Gasteiger partial charge in [0.25, 0.3) is 0 Å². The molecule has 2 aromatic rings. The highest BCUT2D eigenvalue weighted by molar-refractivity contribution is 6.05. The van der Waals surface area contributed by atoms with Crippen LogP contribution in [0.15, 0.2) is 48.0 Å². The van der Waals surface area contributed by atoms with Crippen LogP contribution in [0.3, 0.4) is 0 Å². The first-order chi connectivity index (χ1) is 11.2. The van der Waals surface area contributed by atoms with E-state index in [9.17, 15) is 9.90 Å². The molecule has 4 rings (SSSR count). The number of carbonyl (C=O) groups is 1. The van der Waals surface area contributed by atoms with E-state index in [4.69, 9.17) is 0 Å². The molecule has 23 heavy (non-hydrogen) atoms. The maximum Gasteiger partial charge on any atom is 0.160 e. The van der Waals surface area contributed by atoms with Crippen LogP contribution in [-0.2, 0) is 4.79 Å². The predicted molar refractivity (Wildman–Crippen MR) is 92.1 cm³/mol. The summed E-state index contributed by atoms with van der Waals surface area (Å²) in [5.74, 6) is 0.144. The van der Waals surface area contributed by atoms with E-state index in [0.29, 0.717) is 6.42 Å². The molecule has 0 aromatic heterocycles. The van der Waals surface area contributed by atoms with Crippen molar-refractivity contribution in [3.63, 3.8) is 0 Å². The number of aliphatic hydroxyl groups excluding tert-OH is 1. The summed E-state index contributed by atoms with van der Waals surface area (Å²) in [5, 5.41) is 16.1. The van der Waals surface area contributed by atoms with Crippen LogP contribution in [-0.4, -0.2) is 29.1 Å². The molecule has 2 bridgehead atoms. The molecule has 2 aromatic carbocycles. The minimum Gasteiger partial charge on any atom is -0.391 e. The summed E-state index contributed by atoms with van der Waals surface area (Å²) in [5.41, 5.74) is 3.03. The molecule has 2 aliphatic rings. The molecular formula is C20H21NO2. The maximum absolute atomic E-state index is 12.5. The minimum absolute atomic E-state index is 0.144. The smallest absolute Gasteiger partial charge is 0.160 e. The van der Waals surface area contributed by atoms with E-state index in [0.717, 1.165) is 29.6 Å². The number of rotatable bonds is 3. The number of ketones is 1. The molecule has 0 spiro atoms. The number of fused-ring (bicyclic) bond motifs is 3. The molecule has 2 aliphatic heterocycles. The summed E-state index contributed by atoms with van der Waals surface area (Å²) < 4.78 is 0. The summed E-state index contributed by atoms with van der Waals surface area (Å²) in [6.45, 7) is 1.89. The number of hydrogen-bond acceptors (Lipinski definition) is 3. The average molecular weight is 307 g/mol. The van der Waals surface area contributed by atoms with Gasteiger partial charge in [-0.3, -0.25) is 4.79 Å². The second kappa shape index (κ2) is 5.59. The van der Waals surface area contributed by atoms with Crippen molar-refractivity contribution >= 4 is 22.1 Å². The fourth-order valence-electron chi connectivity index (χ4n) is 4.01. The molecule has 0 saturated carbocycles. The van der Waals surface area contributed by atoms with Gasteiger partial charge in [-0.05, 0) is 40.8 Å². The SMILES string of the molecule is CCC(=O)C1=C(c2ccc3ccccc3c2)CC2CC(O)[C@@H]1N2. The Morgan fingerprint density at radius 3 is 2.78 bits per heavy atom. The van der Waals surface area contributed by atoms with Crippen molar-refractivity contribution in [3.05, 3.63) is 53.6 Å². The number of Topliss-reactive ketones (excluding diaryl/α,β-unsaturated/α-hetero) is 1. The van der Waals surface area contributed by atoms with Gasteiger partial charge in [-0.2, -0.15) is 0 Å². The van der Waals surface area contributed by atoms with Crippen molar-refractivity contribution in [1.29, 1.82) is 0 Å². The van der Waals surface area contributed by atoms with E-state index in [1.54, 1.807) is 0 Å². The van der Waals surface area contributed by atoms with Crippen LogP contribution in [0.4, 0.5) is 0 Å². The van der Waals surface area contributed by atoms with E-state index in [2.05, 4.69) is 35.6 Å². The summed E-state index contributed by atoms with van der Waals surface area (Å²) in [7, 11) is 0. The highest BCUT2D eigenvalue weighted by atomic mass is 16.3. The molecule has 0 radical (unpaired) electrons. The third-order valence-corrected chi connectivity index (χ3v) is 5.13. The number of nitrogens with one attached hydrogen (secondary N) is 1. The molecule has 118 valence electrons. The summed E-state index contributed by atoms with van der Waals surface area (Å²) in [6.07, 6.45) is 1.56. The summed E-state index contributed by atoms with van der Waals surface area (Å²) in [4.78, 5) is 12.5. The molecule has 0 amide bonds. The van der Waals surface area contributed by atoms with Crippen molar-refractivity contribution in [2.75, 3.05) is 0 Å². The lowest BCUT2D eigenvalue weighted by molar-refractivity contribution is -0.115. The van der Waals surface area contributed by atoms with E-state index < -0.39 is 6.10 Å². The lowest BCUT2D eigenvalue weighted by Gasteiger charge is -2.28. The van der Waals surface area contributed by atoms with Gasteiger partial charge >= 0.3 is 0 Å². The topological polar surface area (TPSA) is 49.3 Å². The van der Waals surface area contributed by atoms with Crippen LogP contribution in [0.25, 0.3) is 16.3 Å². The predicted octanol–water partition coefficient (Wildman–Crippen LogP) is 3.07. The fourth-order valence-corrected chi connectivity index (χ4v) is 4.01. The van der Waals surface area contributed by atoms with Gasteiger partial charge in [-0.1, -0.05) is 43.3 Å². The highest BCUT2D eigenvalue weighted by Gasteiger charge is 2.42. The van der Waals surface area contributed by atoms with Gasteiger partial charge in [0, 0.05) is 18.0 Å². The number of carbonyl (C=O) groups excluding carboxylic acids is 1. The Labute approximate surface area is 136 Å². The molecule has 2 N–H and O–H groups in total. The maximum atomic E-state index is 12.5. The molecule has 1 saturated heterocycles. The van der Waals surface area contributed by atoms with Gasteiger partial charge in [-0.15, -0.1) is 0 Å². The second-order valence-corrected chi connectivity index (χ2v) is 6.58. The highest BCUT2D eigenvalue weighted by Crippen LogP contribution is 2.38. The van der Waals surface area contributed by atoms with Gasteiger partial charge in [-0.25, -0.2) is 0 Å². The van der Waals surface area contributed by atoms with Gasteiger partial charge in [0.15, 0.2) is 5.78 Å². The van der Waals surface area contributed by atoms with Crippen LogP contribution in [0.2, 0.25) is 0 Å². The van der Waals surface area contributed by atoms with Crippen molar-refractivity contribution in [2.45, 2.75) is 44.4 Å². The first-order valence-corrected chi connectivity index (χ1v) is 8.37. The largest absolute Gasteiger partial charge is 0.391 e. The third-order valence-electron chi connectivity index (χ3n) is 5.13. The Morgan fingerprint density at radius 1 is 1.22 bits per heavy atom. The number of aliphatic hydroxyl groups is 1. The Balaban J connectivity index is 1.88. The Morgan fingerprint density at radius 2 is 2.00 bits per heavy atom. The van der Waals surface area contributed by atoms with Crippen LogP contribution < -0.4 is 5.32 Å². The molecule has 2 heterocycles. The lowest BCUT2D eigenvalue weighted by atomic mass is 9.86. The summed E-state index contributed by atoms with van der Waals surface area (Å²) in [6, 6.07) is 14.7. The standard InChI is InChI=1S/C20H21NO2/c1-2-17(22)19-16(10-15-11-18(23)20(19)21-15)14-8-7-12-5-3-4-6-13(12)9-14/h3-9,15,18,20-21,23H,2,10-11H2,1H3/t15?,18?,20-/m0/s1. The number of hydrogen-bond donors (Lipinski definition) is 2. The molecule has 3 heteroatoms. The van der Waals surface area contributed by atoms with Gasteiger partial charge in [0.2, 0.25) is 0 Å². The third kappa shape index (κ3) is 2.41. The Kier molecular flexibility index (Phi) is 3.55. The van der Waals surface area contributed by atoms with Gasteiger partial charge < -0.3 is 10.4 Å². The lowest BCUT2D eigenvalue weighted by Crippen LogP contribution is -2.41. The first kappa shape index (κ1) is 14.6. The van der Waals surface area contributed by atoms with Gasteiger partial charge in [0.1, 0.15) is 0 Å². The van der Waals surface area contributed by atoms with E-state index in [1.165, 1.54) is 10.8 Å². The van der Waals surface area contributed by atoms with E-state index in [-0.39, 0.29) is 17.9 Å². The fraction of sp³-hybridized carbons (Fsp3) is 0.350. The monoisotopic (exact) mass is 307 g/mol. The van der Waals surface area contributed by atoms with E-state index >= 15 is 0 Å². The quantitative estimate of drug-likeness (QED) is 0.916. The Bertz CT molecular complexity index is 808. The normalized spacial score (nSPS) is 26.8. The molecule has 1 fully saturated rings. The molecular weight excluding hydrogens is 286 g/mol. The van der Waals surface area contributed by atoms with Crippen LogP contribution in [0.1, 0.15) is 31.7 Å². The molecule has 2 unspecified atom stereocenters. The molecule has 3 atom stereocenters. The number of benzene rings is 2. The molecule has 3 nitrogen and oxygen atoms in total. The first-order valence-electron chi connectivity index (χ1n) is 8.37. The van der Waals surface area contributed by atoms with Crippen molar-refractivity contribution < 1.29 is 9.90 Å². The average Bonchev–Trinajstić information content (AvgIpc) is 2.88. The van der Waals surface area contributed by atoms with Crippen LogP contribution in [0.5, 0.6) is 0 Å².